The third-order valence-electron chi connectivity index (χ3n) is 11.1. The fraction of sp³-hybridized carbons (Fsp3) is 0.0794. The largest absolute Gasteiger partial charge is 1.00 e. The number of thioether (sulfide) groups is 2. The second-order valence-electron chi connectivity index (χ2n) is 18.0. The van der Waals surface area contributed by atoms with Crippen LogP contribution in [-0.4, -0.2) is 149 Å². The molecular weight excluding hydrogens is 1360 g/mol. The van der Waals surface area contributed by atoms with Crippen LogP contribution < -0.4 is 45.6 Å². The SMILES string of the molecule is CSc1nnc(-c2ccccc2)nn1.Cc1nnc(-c2ccccc2)nn1.Cc1nnc(-c2ccccc2)nn1.Cc1nnc(SCc2ccccc2)nn1.O=C(O)c1ccccc1O.O=C([O-])c1ccccc1O.OB(O)c1ccccc1.OB(O)c1ccccc1.[Ag].[Na+]. The van der Waals surface area contributed by atoms with Gasteiger partial charge in [-0.3, -0.25) is 0 Å². The minimum Gasteiger partial charge on any atom is -0.545 e. The van der Waals surface area contributed by atoms with Crippen molar-refractivity contribution < 1.29 is 102 Å². The molecule has 0 spiro atoms. The number of hydrogen-bond acceptors (Lipinski definition) is 27. The molecule has 0 aliphatic heterocycles. The Labute approximate surface area is 593 Å². The molecule has 0 saturated heterocycles. The molecule has 0 fully saturated rings. The maximum atomic E-state index is 10.3. The summed E-state index contributed by atoms with van der Waals surface area (Å²) in [5, 5.41) is 134. The molecule has 0 unspecified atom stereocenters. The molecule has 481 valence electrons. The molecule has 4 heterocycles. The molecule has 0 saturated carbocycles. The van der Waals surface area contributed by atoms with E-state index >= 15 is 0 Å². The fourth-order valence-corrected chi connectivity index (χ4v) is 7.50. The van der Waals surface area contributed by atoms with Crippen LogP contribution in [0.15, 0.2) is 241 Å². The minimum atomic E-state index is -1.36. The summed E-state index contributed by atoms with van der Waals surface area (Å²) in [6.45, 7) is 5.29. The van der Waals surface area contributed by atoms with Crippen molar-refractivity contribution in [3.63, 3.8) is 0 Å². The number of rotatable bonds is 11. The van der Waals surface area contributed by atoms with Crippen molar-refractivity contribution in [2.75, 3.05) is 6.26 Å². The normalized spacial score (nSPS) is 9.47. The Hall–Kier alpha value is -9.53. The van der Waals surface area contributed by atoms with Gasteiger partial charge in [-0.15, -0.1) is 81.6 Å². The van der Waals surface area contributed by atoms with E-state index in [9.17, 15) is 14.7 Å². The van der Waals surface area contributed by atoms with E-state index in [1.165, 1.54) is 59.4 Å². The number of hydrogen-bond donors (Lipinski definition) is 7. The third kappa shape index (κ3) is 31.3. The topological polar surface area (TPSA) is 405 Å². The summed E-state index contributed by atoms with van der Waals surface area (Å²) >= 11 is 2.96. The van der Waals surface area contributed by atoms with Gasteiger partial charge in [-0.05, 0) is 67.8 Å². The number of carbonyl (C=O) groups excluding carboxylic acids is 1. The van der Waals surface area contributed by atoms with Gasteiger partial charge in [-0.25, -0.2) is 4.79 Å². The summed E-state index contributed by atoms with van der Waals surface area (Å²) in [4.78, 5) is 20.4. The second-order valence-corrected chi connectivity index (χ2v) is 19.8. The first-order chi connectivity index (χ1) is 45.0. The zero-order chi connectivity index (χ0) is 67.0. The summed E-state index contributed by atoms with van der Waals surface area (Å²) < 4.78 is 0. The van der Waals surface area contributed by atoms with Crippen molar-refractivity contribution in [3.05, 3.63) is 265 Å². The maximum Gasteiger partial charge on any atom is 1.00 e. The zero-order valence-corrected chi connectivity index (χ0v) is 56.5. The summed E-state index contributed by atoms with van der Waals surface area (Å²) in [7, 11) is -2.68. The number of carboxylic acid groups (broad SMARTS) is 2. The van der Waals surface area contributed by atoms with Crippen LogP contribution in [0.2, 0.25) is 0 Å². The second kappa shape index (κ2) is 45.7. The molecule has 0 aliphatic rings. The van der Waals surface area contributed by atoms with Gasteiger partial charge in [-0.1, -0.05) is 230 Å². The van der Waals surface area contributed by atoms with Gasteiger partial charge in [0.15, 0.2) is 17.5 Å². The van der Waals surface area contributed by atoms with Crippen LogP contribution >= 0.6 is 23.5 Å². The molecule has 32 heteroatoms. The van der Waals surface area contributed by atoms with Gasteiger partial charge in [-0.2, -0.15) is 0 Å². The molecule has 95 heavy (non-hydrogen) atoms. The van der Waals surface area contributed by atoms with Crippen LogP contribution in [0.1, 0.15) is 43.8 Å². The van der Waals surface area contributed by atoms with Crippen LogP contribution in [0.5, 0.6) is 11.5 Å². The number of benzene rings is 8. The molecule has 1 radical (unpaired) electrons. The molecule has 12 aromatic rings. The maximum absolute atomic E-state index is 10.3. The number of aromatic carboxylic acids is 2. The van der Waals surface area contributed by atoms with Crippen molar-refractivity contribution in [1.82, 2.24) is 81.6 Å². The number of carboxylic acids is 2. The van der Waals surface area contributed by atoms with Gasteiger partial charge in [0.05, 0.1) is 5.97 Å². The number of carbonyl (C=O) groups is 2. The molecule has 8 aromatic carbocycles. The van der Waals surface area contributed by atoms with Crippen LogP contribution in [-0.2, 0) is 28.1 Å². The minimum absolute atomic E-state index is 0. The van der Waals surface area contributed by atoms with E-state index in [0.717, 1.165) is 22.4 Å². The van der Waals surface area contributed by atoms with Crippen LogP contribution in [0.25, 0.3) is 34.2 Å². The molecule has 0 aliphatic carbocycles. The van der Waals surface area contributed by atoms with Gasteiger partial charge in [0, 0.05) is 50.4 Å². The molecule has 12 rings (SSSR count). The summed E-state index contributed by atoms with van der Waals surface area (Å²) in [5.41, 5.74) is 4.84. The Kier molecular flexibility index (Phi) is 38.4. The predicted molar refractivity (Wildman–Crippen MR) is 349 cm³/mol. The van der Waals surface area contributed by atoms with Gasteiger partial charge < -0.3 is 45.3 Å². The number of aromatic nitrogens is 16. The number of para-hydroxylation sites is 2. The third-order valence-corrected chi connectivity index (χ3v) is 12.5. The summed E-state index contributed by atoms with van der Waals surface area (Å²) in [6, 6.07) is 67.9. The van der Waals surface area contributed by atoms with E-state index in [2.05, 4.69) is 93.7 Å². The average molecular weight is 1420 g/mol. The predicted octanol–water partition coefficient (Wildman–Crippen LogP) is 2.59. The van der Waals surface area contributed by atoms with Crippen LogP contribution in [0.4, 0.5) is 0 Å². The van der Waals surface area contributed by atoms with E-state index in [-0.39, 0.29) is 74.6 Å². The average Bonchev–Trinajstić information content (AvgIpc) is 3.79. The smallest absolute Gasteiger partial charge is 0.545 e. The Morgan fingerprint density at radius 1 is 0.389 bits per heavy atom. The number of aryl methyl sites for hydroxylation is 3. The van der Waals surface area contributed by atoms with E-state index < -0.39 is 26.2 Å². The van der Waals surface area contributed by atoms with Gasteiger partial charge in [0.1, 0.15) is 17.1 Å². The Morgan fingerprint density at radius 2 is 0.663 bits per heavy atom. The molecule has 26 nitrogen and oxygen atoms in total. The van der Waals surface area contributed by atoms with Crippen molar-refractivity contribution >= 4 is 60.6 Å². The van der Waals surface area contributed by atoms with E-state index in [4.69, 9.17) is 35.4 Å². The standard InChI is InChI=1S/C10H10N4S.C9H8N4S.2C9H8N4.2C7H6O3.2C6H7BO2.Ag.Na/c1-8-11-13-10(14-12-8)15-7-9-5-3-2-4-6-9;1-14-9-12-10-8(11-13-9)7-5-3-2-4-6-7;2*1-7-10-12-9(13-11-7)8-5-3-2-4-6-8;2*8-6-4-2-1-3-5(6)7(9)10;2*8-7(9)6-4-2-1-3-5-6;;/h2-6H,7H2,1H3;2-6H,1H3;2*2-6H,1H3;2*1-4,8H,(H,9,10);2*1-5,8-9H;;/q;;;;;;;;;+1/p-1. The zero-order valence-electron chi connectivity index (χ0n) is 51.4. The van der Waals surface area contributed by atoms with Gasteiger partial charge >= 0.3 is 49.8 Å². The van der Waals surface area contributed by atoms with Crippen molar-refractivity contribution in [3.8, 4) is 45.7 Å². The van der Waals surface area contributed by atoms with E-state index in [0.29, 0.717) is 56.2 Å². The molecule has 0 amide bonds. The number of nitrogens with zero attached hydrogens (tertiary/aromatic N) is 16. The van der Waals surface area contributed by atoms with Crippen molar-refractivity contribution in [2.24, 2.45) is 0 Å². The number of phenols is 2. The monoisotopic (exact) mass is 1420 g/mol. The van der Waals surface area contributed by atoms with Crippen molar-refractivity contribution in [2.45, 2.75) is 36.8 Å². The van der Waals surface area contributed by atoms with Crippen molar-refractivity contribution in [1.29, 1.82) is 0 Å². The Bertz CT molecular complexity index is 3860. The van der Waals surface area contributed by atoms with Gasteiger partial charge in [0.2, 0.25) is 27.8 Å². The quantitative estimate of drug-likeness (QED) is 0.0722. The first-order valence-electron chi connectivity index (χ1n) is 27.4. The molecule has 0 bridgehead atoms. The molecule has 4 aromatic heterocycles. The first-order valence-corrected chi connectivity index (χ1v) is 29.6. The molecular formula is C63H59AgB2N16NaO10S2. The first kappa shape index (κ1) is 79.7. The Morgan fingerprint density at radius 3 is 0.937 bits per heavy atom. The number of aromatic hydroxyl groups is 2. The molecule has 0 atom stereocenters. The van der Waals surface area contributed by atoms with Gasteiger partial charge in [0.25, 0.3) is 0 Å². The van der Waals surface area contributed by atoms with E-state index in [1.807, 2.05) is 128 Å². The molecule has 7 N–H and O–H groups in total. The summed E-state index contributed by atoms with van der Waals surface area (Å²) in [6.07, 6.45) is 1.89. The van der Waals surface area contributed by atoms with E-state index in [1.54, 1.807) is 87.5 Å². The van der Waals surface area contributed by atoms with Crippen LogP contribution in [0, 0.1) is 20.8 Å². The Balaban J connectivity index is 0.000000284. The fourth-order valence-electron chi connectivity index (χ4n) is 6.57. The summed E-state index contributed by atoms with van der Waals surface area (Å²) in [5.74, 6) is 1.35. The van der Waals surface area contributed by atoms with Crippen LogP contribution in [0.3, 0.4) is 0 Å².